The molecule has 0 bridgehead atoms. The summed E-state index contributed by atoms with van der Waals surface area (Å²) in [6, 6.07) is 1.75. The molecule has 0 aromatic carbocycles. The molecule has 3 fully saturated rings. The van der Waals surface area contributed by atoms with Crippen LogP contribution in [-0.4, -0.2) is 49.7 Å². The zero-order valence-corrected chi connectivity index (χ0v) is 11.0. The maximum Gasteiger partial charge on any atom is 0.0207 e. The van der Waals surface area contributed by atoms with Crippen molar-refractivity contribution in [3.05, 3.63) is 0 Å². The predicted molar refractivity (Wildman–Crippen MR) is 71.2 cm³/mol. The van der Waals surface area contributed by atoms with Crippen LogP contribution in [0.1, 0.15) is 38.5 Å². The first-order valence-electron chi connectivity index (χ1n) is 7.60. The molecule has 2 saturated heterocycles. The molecule has 1 saturated carbocycles. The van der Waals surface area contributed by atoms with Crippen molar-refractivity contribution < 1.29 is 0 Å². The van der Waals surface area contributed by atoms with Gasteiger partial charge in [0.05, 0.1) is 0 Å². The first-order chi connectivity index (χ1) is 8.42. The largest absolute Gasteiger partial charge is 0.316 e. The standard InChI is InChI=1S/C14H27N3/c1(2-12-5-8-15-10-12)7-16-13-6-9-17(11-13)14-3-4-14/h12-16H,1-11H2. The zero-order valence-electron chi connectivity index (χ0n) is 11.0. The Morgan fingerprint density at radius 2 is 2.12 bits per heavy atom. The summed E-state index contributed by atoms with van der Waals surface area (Å²) in [6.45, 7) is 6.40. The van der Waals surface area contributed by atoms with Crippen molar-refractivity contribution in [3.8, 4) is 0 Å². The monoisotopic (exact) mass is 237 g/mol. The summed E-state index contributed by atoms with van der Waals surface area (Å²) in [7, 11) is 0. The number of nitrogens with one attached hydrogen (secondary N) is 2. The first kappa shape index (κ1) is 11.9. The van der Waals surface area contributed by atoms with Crippen molar-refractivity contribution in [1.82, 2.24) is 15.5 Å². The molecule has 3 heteroatoms. The average Bonchev–Trinajstić information content (AvgIpc) is 2.89. The van der Waals surface area contributed by atoms with Crippen LogP contribution < -0.4 is 10.6 Å². The van der Waals surface area contributed by atoms with Gasteiger partial charge in [0.1, 0.15) is 0 Å². The fourth-order valence-electron chi connectivity index (χ4n) is 3.38. The number of hydrogen-bond donors (Lipinski definition) is 2. The SMILES string of the molecule is C(CNC1CCN(C2CC2)C1)CC1CCNC1. The van der Waals surface area contributed by atoms with Gasteiger partial charge >= 0.3 is 0 Å². The second-order valence-corrected chi connectivity index (χ2v) is 6.17. The molecule has 2 aliphatic heterocycles. The summed E-state index contributed by atoms with van der Waals surface area (Å²) in [4.78, 5) is 2.69. The van der Waals surface area contributed by atoms with E-state index in [0.29, 0.717) is 0 Å². The van der Waals surface area contributed by atoms with Gasteiger partial charge in [0.25, 0.3) is 0 Å². The molecular formula is C14H27N3. The average molecular weight is 237 g/mol. The highest BCUT2D eigenvalue weighted by Crippen LogP contribution is 2.29. The molecule has 2 unspecified atom stereocenters. The molecule has 0 amide bonds. The molecule has 2 atom stereocenters. The van der Waals surface area contributed by atoms with Crippen LogP contribution in [-0.2, 0) is 0 Å². The quantitative estimate of drug-likeness (QED) is 0.680. The van der Waals surface area contributed by atoms with Gasteiger partial charge in [-0.05, 0) is 64.1 Å². The molecule has 0 aromatic rings. The van der Waals surface area contributed by atoms with Crippen molar-refractivity contribution in [2.45, 2.75) is 50.6 Å². The van der Waals surface area contributed by atoms with Crippen molar-refractivity contribution in [2.24, 2.45) is 5.92 Å². The van der Waals surface area contributed by atoms with Gasteiger partial charge in [0, 0.05) is 25.2 Å². The third kappa shape index (κ3) is 3.43. The lowest BCUT2D eigenvalue weighted by Gasteiger charge is -2.16. The Kier molecular flexibility index (Phi) is 3.99. The topological polar surface area (TPSA) is 27.3 Å². The molecule has 1 aliphatic carbocycles. The minimum absolute atomic E-state index is 0.789. The van der Waals surface area contributed by atoms with E-state index < -0.39 is 0 Å². The molecule has 17 heavy (non-hydrogen) atoms. The van der Waals surface area contributed by atoms with Crippen LogP contribution in [0.2, 0.25) is 0 Å². The lowest BCUT2D eigenvalue weighted by atomic mass is 10.0. The summed E-state index contributed by atoms with van der Waals surface area (Å²) in [5, 5.41) is 7.21. The van der Waals surface area contributed by atoms with Gasteiger partial charge in [-0.25, -0.2) is 0 Å². The minimum Gasteiger partial charge on any atom is -0.316 e. The van der Waals surface area contributed by atoms with E-state index >= 15 is 0 Å². The highest BCUT2D eigenvalue weighted by molar-refractivity contribution is 4.91. The summed E-state index contributed by atoms with van der Waals surface area (Å²) in [6.07, 6.45) is 8.48. The third-order valence-electron chi connectivity index (χ3n) is 4.67. The van der Waals surface area contributed by atoms with Crippen molar-refractivity contribution >= 4 is 0 Å². The number of nitrogens with zero attached hydrogens (tertiary/aromatic N) is 1. The van der Waals surface area contributed by atoms with E-state index in [9.17, 15) is 0 Å². The molecule has 98 valence electrons. The Hall–Kier alpha value is -0.120. The van der Waals surface area contributed by atoms with Gasteiger partial charge in [0.15, 0.2) is 0 Å². The fourth-order valence-corrected chi connectivity index (χ4v) is 3.38. The highest BCUT2D eigenvalue weighted by Gasteiger charge is 2.33. The van der Waals surface area contributed by atoms with E-state index in [2.05, 4.69) is 15.5 Å². The van der Waals surface area contributed by atoms with E-state index in [1.165, 1.54) is 71.2 Å². The Morgan fingerprint density at radius 1 is 1.18 bits per heavy atom. The van der Waals surface area contributed by atoms with Gasteiger partial charge in [-0.1, -0.05) is 0 Å². The zero-order chi connectivity index (χ0) is 11.5. The lowest BCUT2D eigenvalue weighted by Crippen LogP contribution is -2.34. The van der Waals surface area contributed by atoms with Gasteiger partial charge in [0.2, 0.25) is 0 Å². The molecular weight excluding hydrogens is 210 g/mol. The van der Waals surface area contributed by atoms with Gasteiger partial charge < -0.3 is 10.6 Å². The molecule has 2 heterocycles. The Labute approximate surface area is 105 Å². The molecule has 0 radical (unpaired) electrons. The Morgan fingerprint density at radius 3 is 2.88 bits per heavy atom. The predicted octanol–water partition coefficient (Wildman–Crippen LogP) is 1.20. The third-order valence-corrected chi connectivity index (χ3v) is 4.67. The Balaban J connectivity index is 1.24. The highest BCUT2D eigenvalue weighted by atomic mass is 15.2. The van der Waals surface area contributed by atoms with Crippen LogP contribution >= 0.6 is 0 Å². The molecule has 3 aliphatic rings. The van der Waals surface area contributed by atoms with Crippen molar-refractivity contribution in [2.75, 3.05) is 32.7 Å². The molecule has 0 aromatic heterocycles. The summed E-state index contributed by atoms with van der Waals surface area (Å²) >= 11 is 0. The molecule has 3 nitrogen and oxygen atoms in total. The van der Waals surface area contributed by atoms with Gasteiger partial charge in [-0.3, -0.25) is 4.90 Å². The van der Waals surface area contributed by atoms with Crippen LogP contribution in [0, 0.1) is 5.92 Å². The molecule has 2 N–H and O–H groups in total. The van der Waals surface area contributed by atoms with Gasteiger partial charge in [-0.15, -0.1) is 0 Å². The summed E-state index contributed by atoms with van der Waals surface area (Å²) in [5.41, 5.74) is 0. The number of likely N-dealkylation sites (tertiary alicyclic amines) is 1. The van der Waals surface area contributed by atoms with E-state index in [1.54, 1.807) is 0 Å². The van der Waals surface area contributed by atoms with Gasteiger partial charge in [-0.2, -0.15) is 0 Å². The van der Waals surface area contributed by atoms with E-state index in [-0.39, 0.29) is 0 Å². The fraction of sp³-hybridized carbons (Fsp3) is 1.00. The smallest absolute Gasteiger partial charge is 0.0207 e. The van der Waals surface area contributed by atoms with Crippen LogP contribution in [0.5, 0.6) is 0 Å². The second-order valence-electron chi connectivity index (χ2n) is 6.17. The van der Waals surface area contributed by atoms with Crippen molar-refractivity contribution in [1.29, 1.82) is 0 Å². The molecule has 0 spiro atoms. The van der Waals surface area contributed by atoms with Crippen LogP contribution in [0.25, 0.3) is 0 Å². The normalized spacial score (nSPS) is 34.6. The lowest BCUT2D eigenvalue weighted by molar-refractivity contribution is 0.317. The minimum atomic E-state index is 0.789. The first-order valence-corrected chi connectivity index (χ1v) is 7.60. The maximum absolute atomic E-state index is 3.76. The second kappa shape index (κ2) is 5.68. The van der Waals surface area contributed by atoms with Crippen LogP contribution in [0.4, 0.5) is 0 Å². The van der Waals surface area contributed by atoms with E-state index in [4.69, 9.17) is 0 Å². The van der Waals surface area contributed by atoms with Crippen LogP contribution in [0.3, 0.4) is 0 Å². The van der Waals surface area contributed by atoms with Crippen molar-refractivity contribution in [3.63, 3.8) is 0 Å². The van der Waals surface area contributed by atoms with E-state index in [0.717, 1.165) is 18.0 Å². The number of hydrogen-bond acceptors (Lipinski definition) is 3. The van der Waals surface area contributed by atoms with E-state index in [1.807, 2.05) is 0 Å². The van der Waals surface area contributed by atoms with Crippen LogP contribution in [0.15, 0.2) is 0 Å². The summed E-state index contributed by atoms with van der Waals surface area (Å²) < 4.78 is 0. The molecule has 3 rings (SSSR count). The number of rotatable bonds is 6. The summed E-state index contributed by atoms with van der Waals surface area (Å²) in [5.74, 6) is 0.961. The Bertz CT molecular complexity index is 234. The maximum atomic E-state index is 3.76.